The Bertz CT molecular complexity index is 347. The lowest BCUT2D eigenvalue weighted by atomic mass is 10.4. The minimum absolute atomic E-state index is 0.0216. The first-order valence-electron chi connectivity index (χ1n) is 3.03. The van der Waals surface area contributed by atoms with Gasteiger partial charge in [-0.2, -0.15) is 0 Å². The number of anilines is 1. The van der Waals surface area contributed by atoms with E-state index in [-0.39, 0.29) is 15.7 Å². The minimum atomic E-state index is -4.39. The van der Waals surface area contributed by atoms with Crippen LogP contribution < -0.4 is 5.09 Å². The summed E-state index contributed by atoms with van der Waals surface area (Å²) in [6.45, 7) is 0. The van der Waals surface area contributed by atoms with Crippen LogP contribution in [-0.2, 0) is 4.57 Å². The zero-order valence-corrected chi connectivity index (χ0v) is 8.51. The van der Waals surface area contributed by atoms with Gasteiger partial charge in [-0.1, -0.05) is 23.2 Å². The van der Waals surface area contributed by atoms with E-state index in [0.717, 1.165) is 0 Å². The van der Waals surface area contributed by atoms with Crippen molar-refractivity contribution in [2.24, 2.45) is 0 Å². The average molecular weight is 243 g/mol. The Morgan fingerprint density at radius 2 is 1.77 bits per heavy atom. The summed E-state index contributed by atoms with van der Waals surface area (Å²) >= 11 is 11.2. The first-order valence-corrected chi connectivity index (χ1v) is 5.40. The summed E-state index contributed by atoms with van der Waals surface area (Å²) in [5.74, 6) is 0. The highest BCUT2D eigenvalue weighted by molar-refractivity contribution is 7.53. The van der Waals surface area contributed by atoms with Gasteiger partial charge in [0.25, 0.3) is 0 Å². The van der Waals surface area contributed by atoms with Crippen LogP contribution in [0.25, 0.3) is 0 Å². The summed E-state index contributed by atoms with van der Waals surface area (Å²) in [4.78, 5) is 20.8. The number of halogens is 2. The number of nitrogens with one attached hydrogen (secondary N) is 1. The quantitative estimate of drug-likeness (QED) is 0.691. The van der Waals surface area contributed by atoms with Gasteiger partial charge in [0.2, 0.25) is 0 Å². The molecule has 1 rings (SSSR count). The van der Waals surface area contributed by atoms with Gasteiger partial charge in [-0.25, -0.2) is 4.57 Å². The molecule has 0 aliphatic carbocycles. The van der Waals surface area contributed by atoms with Crippen molar-refractivity contribution in [1.82, 2.24) is 4.98 Å². The van der Waals surface area contributed by atoms with Gasteiger partial charge in [-0.3, -0.25) is 10.1 Å². The third-order valence-electron chi connectivity index (χ3n) is 1.11. The van der Waals surface area contributed by atoms with Gasteiger partial charge in [0.1, 0.15) is 0 Å². The highest BCUT2D eigenvalue weighted by atomic mass is 35.5. The van der Waals surface area contributed by atoms with Crippen LogP contribution in [0.1, 0.15) is 0 Å². The summed E-state index contributed by atoms with van der Waals surface area (Å²) in [5, 5.41) is 1.98. The van der Waals surface area contributed by atoms with E-state index in [1.54, 1.807) is 0 Å². The van der Waals surface area contributed by atoms with Crippen LogP contribution in [0.2, 0.25) is 10.0 Å². The monoisotopic (exact) mass is 242 g/mol. The van der Waals surface area contributed by atoms with Crippen molar-refractivity contribution < 1.29 is 14.4 Å². The SMILES string of the molecule is O=P(O)(O)Nc1c(Cl)cncc1Cl. The van der Waals surface area contributed by atoms with Crippen LogP contribution in [0.4, 0.5) is 5.69 Å². The first kappa shape index (κ1) is 10.8. The van der Waals surface area contributed by atoms with Gasteiger partial charge in [0.15, 0.2) is 0 Å². The second-order valence-corrected chi connectivity index (χ2v) is 4.26. The van der Waals surface area contributed by atoms with Crippen molar-refractivity contribution in [3.05, 3.63) is 22.4 Å². The van der Waals surface area contributed by atoms with E-state index in [9.17, 15) is 4.57 Å². The van der Waals surface area contributed by atoms with Crippen molar-refractivity contribution in [2.45, 2.75) is 0 Å². The number of nitrogens with zero attached hydrogens (tertiary/aromatic N) is 1. The predicted octanol–water partition coefficient (Wildman–Crippen LogP) is 1.89. The Kier molecular flexibility index (Phi) is 3.16. The summed E-state index contributed by atoms with van der Waals surface area (Å²) < 4.78 is 10.6. The van der Waals surface area contributed by atoms with E-state index < -0.39 is 7.75 Å². The molecule has 1 aromatic rings. The molecule has 0 atom stereocenters. The molecule has 0 bridgehead atoms. The summed E-state index contributed by atoms with van der Waals surface area (Å²) in [5.41, 5.74) is -0.0216. The van der Waals surface area contributed by atoms with Gasteiger partial charge in [0.05, 0.1) is 15.7 Å². The largest absolute Gasteiger partial charge is 0.427 e. The molecule has 0 aliphatic heterocycles. The molecule has 0 spiro atoms. The van der Waals surface area contributed by atoms with E-state index in [2.05, 4.69) is 4.98 Å². The fourth-order valence-electron chi connectivity index (χ4n) is 0.664. The zero-order valence-electron chi connectivity index (χ0n) is 6.11. The van der Waals surface area contributed by atoms with Crippen molar-refractivity contribution in [3.63, 3.8) is 0 Å². The number of pyridine rings is 1. The molecule has 0 aromatic carbocycles. The molecule has 1 heterocycles. The maximum atomic E-state index is 10.6. The topological polar surface area (TPSA) is 82.5 Å². The van der Waals surface area contributed by atoms with E-state index in [0.29, 0.717) is 0 Å². The van der Waals surface area contributed by atoms with E-state index in [1.165, 1.54) is 12.4 Å². The van der Waals surface area contributed by atoms with E-state index in [1.807, 2.05) is 5.09 Å². The molecule has 3 N–H and O–H groups in total. The van der Waals surface area contributed by atoms with Crippen LogP contribution in [0.5, 0.6) is 0 Å². The Morgan fingerprint density at radius 3 is 2.15 bits per heavy atom. The summed E-state index contributed by atoms with van der Waals surface area (Å²) in [6.07, 6.45) is 2.46. The van der Waals surface area contributed by atoms with Gasteiger partial charge >= 0.3 is 7.75 Å². The minimum Gasteiger partial charge on any atom is -0.308 e. The fraction of sp³-hybridized carbons (Fsp3) is 0. The zero-order chi connectivity index (χ0) is 10.1. The highest BCUT2D eigenvalue weighted by Gasteiger charge is 2.16. The summed E-state index contributed by atoms with van der Waals surface area (Å²) in [7, 11) is -4.39. The molecule has 5 nitrogen and oxygen atoms in total. The molecule has 1 aromatic heterocycles. The molecule has 0 aliphatic rings. The Balaban J connectivity index is 3.07. The molecule has 13 heavy (non-hydrogen) atoms. The average Bonchev–Trinajstić information content (AvgIpc) is 1.95. The fourth-order valence-corrected chi connectivity index (χ4v) is 1.79. The van der Waals surface area contributed by atoms with Gasteiger partial charge in [0, 0.05) is 12.4 Å². The summed E-state index contributed by atoms with van der Waals surface area (Å²) in [6, 6.07) is 0. The van der Waals surface area contributed by atoms with Gasteiger partial charge in [-0.05, 0) is 0 Å². The van der Waals surface area contributed by atoms with Crippen molar-refractivity contribution in [3.8, 4) is 0 Å². The molecular formula is C5H5Cl2N2O3P. The van der Waals surface area contributed by atoms with Crippen molar-refractivity contribution in [2.75, 3.05) is 5.09 Å². The smallest absolute Gasteiger partial charge is 0.308 e. The third kappa shape index (κ3) is 3.14. The van der Waals surface area contributed by atoms with Crippen LogP contribution >= 0.6 is 30.9 Å². The molecule has 72 valence electrons. The second-order valence-electron chi connectivity index (χ2n) is 2.13. The second kappa shape index (κ2) is 3.82. The molecular weight excluding hydrogens is 238 g/mol. The predicted molar refractivity (Wildman–Crippen MR) is 49.9 cm³/mol. The lowest BCUT2D eigenvalue weighted by Crippen LogP contribution is -1.96. The van der Waals surface area contributed by atoms with E-state index >= 15 is 0 Å². The number of hydrogen-bond donors (Lipinski definition) is 3. The lowest BCUT2D eigenvalue weighted by molar-refractivity contribution is 0.380. The molecule has 8 heteroatoms. The highest BCUT2D eigenvalue weighted by Crippen LogP contribution is 2.40. The molecule has 0 saturated carbocycles. The molecule has 0 amide bonds. The molecule has 0 unspecified atom stereocenters. The van der Waals surface area contributed by atoms with Crippen LogP contribution in [0.15, 0.2) is 12.4 Å². The Labute approximate surface area is 83.9 Å². The van der Waals surface area contributed by atoms with Crippen LogP contribution in [0, 0.1) is 0 Å². The first-order chi connectivity index (χ1) is 5.90. The Morgan fingerprint density at radius 1 is 1.31 bits per heavy atom. The maximum absolute atomic E-state index is 10.6. The van der Waals surface area contributed by atoms with E-state index in [4.69, 9.17) is 33.0 Å². The number of aromatic nitrogens is 1. The Hall–Kier alpha value is -0.320. The van der Waals surface area contributed by atoms with Crippen LogP contribution in [0.3, 0.4) is 0 Å². The third-order valence-corrected chi connectivity index (χ3v) is 2.20. The van der Waals surface area contributed by atoms with Crippen LogP contribution in [-0.4, -0.2) is 14.8 Å². The normalized spacial score (nSPS) is 11.4. The molecule has 0 radical (unpaired) electrons. The van der Waals surface area contributed by atoms with Gasteiger partial charge in [-0.15, -0.1) is 0 Å². The maximum Gasteiger partial charge on any atom is 0.427 e. The molecule has 0 saturated heterocycles. The number of rotatable bonds is 2. The van der Waals surface area contributed by atoms with Crippen molar-refractivity contribution >= 4 is 36.6 Å². The standard InChI is InChI=1S/C5H5Cl2N2O3P/c6-3-1-8-2-4(7)5(3)9-13(10,11)12/h1-2H,(H3,8,9,10,11,12). The van der Waals surface area contributed by atoms with Gasteiger partial charge < -0.3 is 9.79 Å². The van der Waals surface area contributed by atoms with Crippen molar-refractivity contribution in [1.29, 1.82) is 0 Å². The lowest BCUT2D eigenvalue weighted by Gasteiger charge is -2.09. The number of hydrogen-bond acceptors (Lipinski definition) is 2. The molecule has 0 fully saturated rings.